The maximum atomic E-state index is 12.3. The van der Waals surface area contributed by atoms with Gasteiger partial charge >= 0.3 is 5.97 Å². The Bertz CT molecular complexity index is 658. The maximum absolute atomic E-state index is 12.3. The summed E-state index contributed by atoms with van der Waals surface area (Å²) >= 11 is 0. The average Bonchev–Trinajstić information content (AvgIpc) is 2.41. The van der Waals surface area contributed by atoms with Gasteiger partial charge in [0.15, 0.2) is 0 Å². The van der Waals surface area contributed by atoms with Crippen LogP contribution in [0, 0.1) is 0 Å². The molecule has 0 aromatic carbocycles. The second-order valence-corrected chi connectivity index (χ2v) is 5.92. The SMILES string of the molecule is O=C(NC1(C(=O)O)CCC1)c1cc2c([nH]c1=O)CCCC2. The number of carbonyl (C=O) groups is 2. The number of aromatic amines is 1. The molecule has 6 heteroatoms. The molecule has 0 unspecified atom stereocenters. The Hall–Kier alpha value is -2.11. The topological polar surface area (TPSA) is 99.3 Å². The van der Waals surface area contributed by atoms with Gasteiger partial charge in [-0.15, -0.1) is 0 Å². The zero-order valence-corrected chi connectivity index (χ0v) is 11.7. The fraction of sp³-hybridized carbons (Fsp3) is 0.533. The van der Waals surface area contributed by atoms with Gasteiger partial charge < -0.3 is 15.4 Å². The number of rotatable bonds is 3. The molecule has 0 saturated heterocycles. The lowest BCUT2D eigenvalue weighted by Crippen LogP contribution is -2.59. The van der Waals surface area contributed by atoms with E-state index in [0.29, 0.717) is 12.8 Å². The molecule has 0 atom stereocenters. The van der Waals surface area contributed by atoms with E-state index < -0.39 is 23.0 Å². The van der Waals surface area contributed by atoms with E-state index in [9.17, 15) is 19.5 Å². The summed E-state index contributed by atoms with van der Waals surface area (Å²) in [4.78, 5) is 38.4. The highest BCUT2D eigenvalue weighted by Gasteiger charge is 2.46. The Kier molecular flexibility index (Phi) is 3.31. The number of carbonyl (C=O) groups excluding carboxylic acids is 1. The molecule has 3 rings (SSSR count). The van der Waals surface area contributed by atoms with E-state index in [4.69, 9.17) is 0 Å². The van der Waals surface area contributed by atoms with Crippen LogP contribution in [0.5, 0.6) is 0 Å². The average molecular weight is 290 g/mol. The lowest BCUT2D eigenvalue weighted by molar-refractivity contribution is -0.148. The summed E-state index contributed by atoms with van der Waals surface area (Å²) in [6.07, 6.45) is 5.35. The number of hydrogen-bond donors (Lipinski definition) is 3. The number of carboxylic acids is 1. The van der Waals surface area contributed by atoms with E-state index in [2.05, 4.69) is 10.3 Å². The zero-order chi connectivity index (χ0) is 15.0. The second kappa shape index (κ2) is 5.02. The van der Waals surface area contributed by atoms with Gasteiger partial charge in [-0.05, 0) is 56.6 Å². The van der Waals surface area contributed by atoms with Crippen molar-refractivity contribution in [3.8, 4) is 0 Å². The number of pyridine rings is 1. The van der Waals surface area contributed by atoms with Crippen LogP contribution in [-0.4, -0.2) is 27.5 Å². The first-order chi connectivity index (χ1) is 10.0. The molecule has 0 radical (unpaired) electrons. The molecule has 2 aliphatic carbocycles. The maximum Gasteiger partial charge on any atom is 0.329 e. The Morgan fingerprint density at radius 3 is 2.52 bits per heavy atom. The standard InChI is InChI=1S/C15H18N2O4/c18-12-10(8-9-4-1-2-5-11(9)16-12)13(19)17-15(14(20)21)6-3-7-15/h8H,1-7H2,(H,16,18)(H,17,19)(H,20,21). The van der Waals surface area contributed by atoms with Gasteiger partial charge in [-0.2, -0.15) is 0 Å². The highest BCUT2D eigenvalue weighted by Crippen LogP contribution is 2.32. The Morgan fingerprint density at radius 2 is 1.90 bits per heavy atom. The van der Waals surface area contributed by atoms with Crippen LogP contribution in [0.2, 0.25) is 0 Å². The number of fused-ring (bicyclic) bond motifs is 1. The molecule has 0 aliphatic heterocycles. The molecule has 0 bridgehead atoms. The summed E-state index contributed by atoms with van der Waals surface area (Å²) in [6, 6.07) is 1.62. The molecule has 1 heterocycles. The number of hydrogen-bond acceptors (Lipinski definition) is 3. The summed E-state index contributed by atoms with van der Waals surface area (Å²) in [5.74, 6) is -1.62. The minimum atomic E-state index is -1.20. The summed E-state index contributed by atoms with van der Waals surface area (Å²) in [5, 5.41) is 11.8. The molecule has 1 aromatic heterocycles. The first-order valence-corrected chi connectivity index (χ1v) is 7.33. The molecule has 6 nitrogen and oxygen atoms in total. The van der Waals surface area contributed by atoms with Crippen molar-refractivity contribution in [1.82, 2.24) is 10.3 Å². The van der Waals surface area contributed by atoms with E-state index in [-0.39, 0.29) is 5.56 Å². The van der Waals surface area contributed by atoms with E-state index in [1.165, 1.54) is 0 Å². The largest absolute Gasteiger partial charge is 0.480 e. The zero-order valence-electron chi connectivity index (χ0n) is 11.7. The third-order valence-corrected chi connectivity index (χ3v) is 4.55. The summed E-state index contributed by atoms with van der Waals surface area (Å²) in [7, 11) is 0. The van der Waals surface area contributed by atoms with Crippen molar-refractivity contribution in [2.24, 2.45) is 0 Å². The summed E-state index contributed by atoms with van der Waals surface area (Å²) in [6.45, 7) is 0. The third-order valence-electron chi connectivity index (χ3n) is 4.55. The number of nitrogens with one attached hydrogen (secondary N) is 2. The van der Waals surface area contributed by atoms with Gasteiger partial charge in [0.2, 0.25) is 0 Å². The molecule has 3 N–H and O–H groups in total. The quantitative estimate of drug-likeness (QED) is 0.773. The number of amides is 1. The van der Waals surface area contributed by atoms with Gasteiger partial charge in [0, 0.05) is 5.69 Å². The van der Waals surface area contributed by atoms with Crippen LogP contribution in [0.25, 0.3) is 0 Å². The first kappa shape index (κ1) is 13.9. The summed E-state index contributed by atoms with van der Waals surface area (Å²) in [5.41, 5.74) is 0.277. The third kappa shape index (κ3) is 2.34. The van der Waals surface area contributed by atoms with Crippen LogP contribution in [-0.2, 0) is 17.6 Å². The van der Waals surface area contributed by atoms with E-state index >= 15 is 0 Å². The van der Waals surface area contributed by atoms with Crippen LogP contribution >= 0.6 is 0 Å². The van der Waals surface area contributed by atoms with Crippen LogP contribution in [0.1, 0.15) is 53.7 Å². The molecular formula is C15H18N2O4. The first-order valence-electron chi connectivity index (χ1n) is 7.33. The van der Waals surface area contributed by atoms with Gasteiger partial charge in [-0.3, -0.25) is 9.59 Å². The van der Waals surface area contributed by atoms with Crippen molar-refractivity contribution in [3.05, 3.63) is 33.2 Å². The molecular weight excluding hydrogens is 272 g/mol. The fourth-order valence-corrected chi connectivity index (χ4v) is 3.05. The lowest BCUT2D eigenvalue weighted by Gasteiger charge is -2.38. The highest BCUT2D eigenvalue weighted by molar-refractivity contribution is 5.98. The molecule has 1 saturated carbocycles. The molecule has 1 fully saturated rings. The molecule has 2 aliphatic rings. The molecule has 21 heavy (non-hydrogen) atoms. The summed E-state index contributed by atoms with van der Waals surface area (Å²) < 4.78 is 0. The van der Waals surface area contributed by atoms with Crippen LogP contribution in [0.15, 0.2) is 10.9 Å². The van der Waals surface area contributed by atoms with E-state index in [0.717, 1.165) is 43.4 Å². The van der Waals surface area contributed by atoms with Crippen molar-refractivity contribution in [1.29, 1.82) is 0 Å². The lowest BCUT2D eigenvalue weighted by atomic mass is 9.76. The number of carboxylic acid groups (broad SMARTS) is 1. The van der Waals surface area contributed by atoms with Gasteiger partial charge in [-0.1, -0.05) is 0 Å². The molecule has 1 amide bonds. The smallest absolute Gasteiger partial charge is 0.329 e. The minimum absolute atomic E-state index is 0.0168. The van der Waals surface area contributed by atoms with Crippen molar-refractivity contribution in [2.75, 3.05) is 0 Å². The molecule has 0 spiro atoms. The predicted molar refractivity (Wildman–Crippen MR) is 75.4 cm³/mol. The van der Waals surface area contributed by atoms with Crippen molar-refractivity contribution in [3.63, 3.8) is 0 Å². The normalized spacial score (nSPS) is 19.2. The Labute approximate surface area is 121 Å². The second-order valence-electron chi connectivity index (χ2n) is 5.92. The van der Waals surface area contributed by atoms with Gasteiger partial charge in [0.05, 0.1) is 0 Å². The number of aryl methyl sites for hydroxylation is 2. The fourth-order valence-electron chi connectivity index (χ4n) is 3.05. The van der Waals surface area contributed by atoms with Crippen LogP contribution in [0.3, 0.4) is 0 Å². The monoisotopic (exact) mass is 290 g/mol. The minimum Gasteiger partial charge on any atom is -0.480 e. The molecule has 1 aromatic rings. The Balaban J connectivity index is 1.88. The Morgan fingerprint density at radius 1 is 1.19 bits per heavy atom. The molecule has 112 valence electrons. The highest BCUT2D eigenvalue weighted by atomic mass is 16.4. The number of aliphatic carboxylic acids is 1. The van der Waals surface area contributed by atoms with Gasteiger partial charge in [0.25, 0.3) is 11.5 Å². The van der Waals surface area contributed by atoms with Gasteiger partial charge in [-0.25, -0.2) is 4.79 Å². The van der Waals surface area contributed by atoms with Crippen LogP contribution in [0.4, 0.5) is 0 Å². The van der Waals surface area contributed by atoms with Crippen molar-refractivity contribution >= 4 is 11.9 Å². The van der Waals surface area contributed by atoms with E-state index in [1.54, 1.807) is 6.07 Å². The van der Waals surface area contributed by atoms with Crippen LogP contribution < -0.4 is 10.9 Å². The van der Waals surface area contributed by atoms with E-state index in [1.807, 2.05) is 0 Å². The predicted octanol–water partition coefficient (Wildman–Crippen LogP) is 0.991. The van der Waals surface area contributed by atoms with Gasteiger partial charge in [0.1, 0.15) is 11.1 Å². The number of H-pyrrole nitrogens is 1. The van der Waals surface area contributed by atoms with Crippen molar-refractivity contribution in [2.45, 2.75) is 50.5 Å². The van der Waals surface area contributed by atoms with Crippen molar-refractivity contribution < 1.29 is 14.7 Å². The number of aromatic nitrogens is 1.